The summed E-state index contributed by atoms with van der Waals surface area (Å²) in [6.07, 6.45) is 4.83. The van der Waals surface area contributed by atoms with Crippen LogP contribution in [0.25, 0.3) is 10.2 Å². The minimum absolute atomic E-state index is 0.0575. The van der Waals surface area contributed by atoms with E-state index < -0.39 is 0 Å². The number of hydrogen-bond donors (Lipinski definition) is 3. The zero-order valence-corrected chi connectivity index (χ0v) is 14.3. The number of thiophene rings is 1. The van der Waals surface area contributed by atoms with Gasteiger partial charge in [-0.25, -0.2) is 4.98 Å². The van der Waals surface area contributed by atoms with Crippen LogP contribution in [0.3, 0.4) is 0 Å². The van der Waals surface area contributed by atoms with Crippen molar-refractivity contribution in [2.45, 2.75) is 37.3 Å². The van der Waals surface area contributed by atoms with Crippen LogP contribution >= 0.6 is 23.1 Å². The summed E-state index contributed by atoms with van der Waals surface area (Å²) in [6, 6.07) is 0. The number of hydrogen-bond acceptors (Lipinski definition) is 6. The first-order valence-corrected chi connectivity index (χ1v) is 9.54. The van der Waals surface area contributed by atoms with Gasteiger partial charge in [0.2, 0.25) is 5.91 Å². The van der Waals surface area contributed by atoms with Crippen molar-refractivity contribution in [3.63, 3.8) is 0 Å². The quantitative estimate of drug-likeness (QED) is 0.415. The molecule has 1 aliphatic carbocycles. The Morgan fingerprint density at radius 3 is 3.04 bits per heavy atom. The molecule has 2 heterocycles. The lowest BCUT2D eigenvalue weighted by molar-refractivity contribution is -0.118. The first-order chi connectivity index (χ1) is 11.2. The van der Waals surface area contributed by atoms with E-state index in [-0.39, 0.29) is 23.8 Å². The van der Waals surface area contributed by atoms with Crippen molar-refractivity contribution in [3.8, 4) is 0 Å². The number of fused-ring (bicyclic) bond motifs is 3. The second kappa shape index (κ2) is 7.46. The summed E-state index contributed by atoms with van der Waals surface area (Å²) in [5.74, 6) is 0.0713. The monoisotopic (exact) mass is 353 g/mol. The summed E-state index contributed by atoms with van der Waals surface area (Å²) in [5, 5.41) is 12.6. The number of thioether (sulfide) groups is 1. The van der Waals surface area contributed by atoms with Crippen molar-refractivity contribution in [1.29, 1.82) is 0 Å². The topological polar surface area (TPSA) is 95.1 Å². The van der Waals surface area contributed by atoms with E-state index in [1.165, 1.54) is 28.6 Å². The Kier molecular flexibility index (Phi) is 5.34. The van der Waals surface area contributed by atoms with Gasteiger partial charge in [-0.2, -0.15) is 0 Å². The third-order valence-electron chi connectivity index (χ3n) is 3.80. The maximum atomic E-state index is 12.4. The molecule has 1 amide bonds. The van der Waals surface area contributed by atoms with Crippen LogP contribution in [0, 0.1) is 0 Å². The van der Waals surface area contributed by atoms with Gasteiger partial charge >= 0.3 is 0 Å². The maximum Gasteiger partial charge on any atom is 0.260 e. The van der Waals surface area contributed by atoms with Crippen molar-refractivity contribution < 1.29 is 9.90 Å². The van der Waals surface area contributed by atoms with Crippen molar-refractivity contribution >= 4 is 39.2 Å². The van der Waals surface area contributed by atoms with Gasteiger partial charge in [-0.3, -0.25) is 9.59 Å². The van der Waals surface area contributed by atoms with Gasteiger partial charge in [0, 0.05) is 18.0 Å². The Bertz CT molecular complexity index is 769. The molecule has 3 rings (SSSR count). The number of aliphatic hydroxyl groups excluding tert-OH is 1. The highest BCUT2D eigenvalue weighted by Gasteiger charge is 2.19. The van der Waals surface area contributed by atoms with Crippen LogP contribution < -0.4 is 10.9 Å². The van der Waals surface area contributed by atoms with Crippen LogP contribution in [0.2, 0.25) is 0 Å². The molecule has 6 nitrogen and oxygen atoms in total. The lowest BCUT2D eigenvalue weighted by Crippen LogP contribution is -2.26. The normalized spacial score (nSPS) is 14.0. The van der Waals surface area contributed by atoms with Crippen molar-refractivity contribution in [3.05, 3.63) is 20.8 Å². The van der Waals surface area contributed by atoms with Crippen LogP contribution in [0.4, 0.5) is 0 Å². The highest BCUT2D eigenvalue weighted by atomic mass is 32.2. The second-order valence-electron chi connectivity index (χ2n) is 5.48. The van der Waals surface area contributed by atoms with Crippen LogP contribution in [0.15, 0.2) is 9.95 Å². The Labute approximate surface area is 141 Å². The molecular weight excluding hydrogens is 334 g/mol. The van der Waals surface area contributed by atoms with E-state index >= 15 is 0 Å². The smallest absolute Gasteiger partial charge is 0.260 e. The molecule has 0 saturated heterocycles. The Morgan fingerprint density at radius 2 is 2.22 bits per heavy atom. The molecule has 0 saturated carbocycles. The summed E-state index contributed by atoms with van der Waals surface area (Å²) in [4.78, 5) is 33.4. The van der Waals surface area contributed by atoms with Crippen LogP contribution in [0.1, 0.15) is 29.7 Å². The summed E-state index contributed by atoms with van der Waals surface area (Å²) in [5.41, 5.74) is 1.07. The fraction of sp³-hybridized carbons (Fsp3) is 0.533. The molecule has 0 fully saturated rings. The zero-order chi connectivity index (χ0) is 16.2. The molecule has 0 aromatic carbocycles. The van der Waals surface area contributed by atoms with Crippen LogP contribution in [-0.4, -0.2) is 39.9 Å². The van der Waals surface area contributed by atoms with Gasteiger partial charge in [0.05, 0.1) is 11.1 Å². The zero-order valence-electron chi connectivity index (χ0n) is 12.7. The standard InChI is InChI=1S/C15H19N3O3S2/c19-7-3-6-16-11(20)8-22-15-17-13(21)12-9-4-1-2-5-10(9)23-14(12)18-15/h19H,1-8H2,(H,16,20)(H,17,18,21). The number of aryl methyl sites for hydroxylation is 2. The number of rotatable bonds is 6. The highest BCUT2D eigenvalue weighted by Crippen LogP contribution is 2.34. The molecule has 0 spiro atoms. The largest absolute Gasteiger partial charge is 0.396 e. The minimum atomic E-state index is -0.128. The van der Waals surface area contributed by atoms with Crippen LogP contribution in [-0.2, 0) is 17.6 Å². The fourth-order valence-electron chi connectivity index (χ4n) is 2.70. The number of amides is 1. The van der Waals surface area contributed by atoms with E-state index in [4.69, 9.17) is 5.11 Å². The predicted molar refractivity (Wildman–Crippen MR) is 92.3 cm³/mol. The summed E-state index contributed by atoms with van der Waals surface area (Å²) in [6.45, 7) is 0.512. The first-order valence-electron chi connectivity index (χ1n) is 7.74. The highest BCUT2D eigenvalue weighted by molar-refractivity contribution is 7.99. The number of aromatic amines is 1. The molecule has 0 aliphatic heterocycles. The predicted octanol–water partition coefficient (Wildman–Crippen LogP) is 1.45. The molecule has 23 heavy (non-hydrogen) atoms. The van der Waals surface area contributed by atoms with Crippen molar-refractivity contribution in [2.75, 3.05) is 18.9 Å². The van der Waals surface area contributed by atoms with E-state index in [1.54, 1.807) is 11.3 Å². The van der Waals surface area contributed by atoms with Gasteiger partial charge in [0.25, 0.3) is 5.56 Å². The SMILES string of the molecule is O=C(CSc1nc2sc3c(c2c(=O)[nH]1)CCCC3)NCCCO. The molecule has 3 N–H and O–H groups in total. The van der Waals surface area contributed by atoms with E-state index in [0.717, 1.165) is 29.5 Å². The molecular formula is C15H19N3O3S2. The molecule has 8 heteroatoms. The fourth-order valence-corrected chi connectivity index (χ4v) is 4.71. The maximum absolute atomic E-state index is 12.4. The summed E-state index contributed by atoms with van der Waals surface area (Å²) < 4.78 is 0. The van der Waals surface area contributed by atoms with E-state index in [2.05, 4.69) is 15.3 Å². The number of nitrogens with one attached hydrogen (secondary N) is 2. The summed E-state index contributed by atoms with van der Waals surface area (Å²) >= 11 is 2.83. The molecule has 2 aromatic rings. The van der Waals surface area contributed by atoms with E-state index in [0.29, 0.717) is 18.1 Å². The molecule has 2 aromatic heterocycles. The van der Waals surface area contributed by atoms with Crippen molar-refractivity contribution in [1.82, 2.24) is 15.3 Å². The number of aromatic nitrogens is 2. The van der Waals surface area contributed by atoms with Crippen molar-refractivity contribution in [2.24, 2.45) is 0 Å². The molecule has 0 radical (unpaired) electrons. The number of carbonyl (C=O) groups is 1. The second-order valence-corrected chi connectivity index (χ2v) is 7.53. The van der Waals surface area contributed by atoms with Gasteiger partial charge in [-0.05, 0) is 37.7 Å². The van der Waals surface area contributed by atoms with E-state index in [1.807, 2.05) is 0 Å². The number of H-pyrrole nitrogens is 1. The van der Waals surface area contributed by atoms with Gasteiger partial charge in [-0.1, -0.05) is 11.8 Å². The Morgan fingerprint density at radius 1 is 1.39 bits per heavy atom. The van der Waals surface area contributed by atoms with E-state index in [9.17, 15) is 9.59 Å². The minimum Gasteiger partial charge on any atom is -0.396 e. The number of aliphatic hydroxyl groups is 1. The molecule has 0 bridgehead atoms. The first kappa shape index (κ1) is 16.5. The lowest BCUT2D eigenvalue weighted by atomic mass is 9.97. The van der Waals surface area contributed by atoms with Gasteiger partial charge < -0.3 is 15.4 Å². The third-order valence-corrected chi connectivity index (χ3v) is 5.86. The third kappa shape index (κ3) is 3.76. The van der Waals surface area contributed by atoms with Gasteiger partial charge in [-0.15, -0.1) is 11.3 Å². The summed E-state index contributed by atoms with van der Waals surface area (Å²) in [7, 11) is 0. The molecule has 0 unspecified atom stereocenters. The molecule has 1 aliphatic rings. The number of nitrogens with zero attached hydrogens (tertiary/aromatic N) is 1. The lowest BCUT2D eigenvalue weighted by Gasteiger charge is -2.09. The average molecular weight is 353 g/mol. The number of carbonyl (C=O) groups excluding carboxylic acids is 1. The van der Waals surface area contributed by atoms with Crippen LogP contribution in [0.5, 0.6) is 0 Å². The Hall–Kier alpha value is -1.38. The van der Waals surface area contributed by atoms with Gasteiger partial charge in [0.1, 0.15) is 4.83 Å². The molecule has 0 atom stereocenters. The average Bonchev–Trinajstić information content (AvgIpc) is 2.92. The Balaban J connectivity index is 1.73. The van der Waals surface area contributed by atoms with Gasteiger partial charge in [0.15, 0.2) is 5.16 Å². The molecule has 124 valence electrons.